The standard InChI is InChI=1S/C22H31NO3/c1-22(2,3)26-21(24)23(25)20(16-14-18-10-6-4-7-11-18)17-15-19-12-8-5-9-13-19/h4,6-7,10-11,19-20,25H,5,8-9,12-14,16H2,1-3H3. The summed E-state index contributed by atoms with van der Waals surface area (Å²) < 4.78 is 5.29. The van der Waals surface area contributed by atoms with Crippen LogP contribution >= 0.6 is 0 Å². The molecule has 2 rings (SSSR count). The largest absolute Gasteiger partial charge is 0.442 e. The van der Waals surface area contributed by atoms with Crippen molar-refractivity contribution in [2.75, 3.05) is 0 Å². The average molecular weight is 357 g/mol. The van der Waals surface area contributed by atoms with Gasteiger partial charge < -0.3 is 4.74 Å². The molecule has 0 heterocycles. The van der Waals surface area contributed by atoms with Gasteiger partial charge in [-0.3, -0.25) is 5.21 Å². The van der Waals surface area contributed by atoms with E-state index in [2.05, 4.69) is 11.8 Å². The molecule has 142 valence electrons. The molecular formula is C22H31NO3. The van der Waals surface area contributed by atoms with E-state index in [0.717, 1.165) is 24.8 Å². The maximum Gasteiger partial charge on any atom is 0.435 e. The van der Waals surface area contributed by atoms with Crippen molar-refractivity contribution in [3.63, 3.8) is 0 Å². The molecule has 26 heavy (non-hydrogen) atoms. The second-order valence-electron chi connectivity index (χ2n) is 7.99. The van der Waals surface area contributed by atoms with E-state index in [1.165, 1.54) is 19.3 Å². The molecule has 0 bridgehead atoms. The number of hydrogen-bond donors (Lipinski definition) is 1. The zero-order valence-corrected chi connectivity index (χ0v) is 16.2. The fourth-order valence-corrected chi connectivity index (χ4v) is 3.10. The zero-order valence-electron chi connectivity index (χ0n) is 16.2. The van der Waals surface area contributed by atoms with Crippen LogP contribution in [0.15, 0.2) is 30.3 Å². The molecule has 4 heteroatoms. The molecular weight excluding hydrogens is 326 g/mol. The summed E-state index contributed by atoms with van der Waals surface area (Å²) in [5, 5.41) is 11.1. The Kier molecular flexibility index (Phi) is 7.53. The first-order valence-electron chi connectivity index (χ1n) is 9.61. The predicted octanol–water partition coefficient (Wildman–Crippen LogP) is 5.20. The molecule has 1 N–H and O–H groups in total. The second kappa shape index (κ2) is 9.64. The van der Waals surface area contributed by atoms with Gasteiger partial charge in [-0.2, -0.15) is 5.06 Å². The van der Waals surface area contributed by atoms with Gasteiger partial charge in [-0.25, -0.2) is 4.79 Å². The summed E-state index contributed by atoms with van der Waals surface area (Å²) in [6, 6.07) is 9.47. The van der Waals surface area contributed by atoms with Gasteiger partial charge in [-0.15, -0.1) is 0 Å². The Labute approximate surface area is 157 Å². The van der Waals surface area contributed by atoms with Crippen molar-refractivity contribution in [1.82, 2.24) is 5.06 Å². The van der Waals surface area contributed by atoms with Crippen LogP contribution in [0.25, 0.3) is 0 Å². The molecule has 1 aliphatic rings. The van der Waals surface area contributed by atoms with Crippen molar-refractivity contribution >= 4 is 6.09 Å². The van der Waals surface area contributed by atoms with Gasteiger partial charge in [0.25, 0.3) is 0 Å². The van der Waals surface area contributed by atoms with Crippen LogP contribution in [0.4, 0.5) is 4.79 Å². The van der Waals surface area contributed by atoms with Crippen LogP contribution in [0.5, 0.6) is 0 Å². The Morgan fingerprint density at radius 1 is 1.23 bits per heavy atom. The predicted molar refractivity (Wildman–Crippen MR) is 103 cm³/mol. The minimum absolute atomic E-state index is 0.370. The lowest BCUT2D eigenvalue weighted by Gasteiger charge is -2.26. The molecule has 1 unspecified atom stereocenters. The SMILES string of the molecule is CC(C)(C)OC(=O)N(O)C(C#CC1CCCCC1)CCc1ccccc1. The number of carbonyl (C=O) groups is 1. The third-order valence-corrected chi connectivity index (χ3v) is 4.48. The zero-order chi connectivity index (χ0) is 19.0. The Morgan fingerprint density at radius 2 is 1.88 bits per heavy atom. The Morgan fingerprint density at radius 3 is 2.50 bits per heavy atom. The number of carbonyl (C=O) groups excluding carboxylic acids is 1. The second-order valence-corrected chi connectivity index (χ2v) is 7.99. The minimum atomic E-state index is -0.742. The third-order valence-electron chi connectivity index (χ3n) is 4.48. The van der Waals surface area contributed by atoms with Gasteiger partial charge in [0.1, 0.15) is 11.6 Å². The summed E-state index contributed by atoms with van der Waals surface area (Å²) in [6.45, 7) is 5.35. The summed E-state index contributed by atoms with van der Waals surface area (Å²) in [4.78, 5) is 12.2. The van der Waals surface area contributed by atoms with Gasteiger partial charge in [-0.1, -0.05) is 61.4 Å². The van der Waals surface area contributed by atoms with Crippen LogP contribution in [0, 0.1) is 17.8 Å². The molecule has 1 atom stereocenters. The van der Waals surface area contributed by atoms with Crippen LogP contribution in [0.1, 0.15) is 64.9 Å². The molecule has 0 spiro atoms. The quantitative estimate of drug-likeness (QED) is 0.458. The lowest BCUT2D eigenvalue weighted by atomic mass is 9.89. The molecule has 1 fully saturated rings. The van der Waals surface area contributed by atoms with Gasteiger partial charge in [0.2, 0.25) is 0 Å². The van der Waals surface area contributed by atoms with Crippen molar-refractivity contribution in [1.29, 1.82) is 0 Å². The van der Waals surface area contributed by atoms with Gasteiger partial charge in [0.15, 0.2) is 0 Å². The molecule has 0 radical (unpaired) electrons. The number of rotatable bonds is 4. The summed E-state index contributed by atoms with van der Waals surface area (Å²) >= 11 is 0. The van der Waals surface area contributed by atoms with Crippen molar-refractivity contribution in [2.45, 2.75) is 77.4 Å². The van der Waals surface area contributed by atoms with Crippen LogP contribution in [0.2, 0.25) is 0 Å². The highest BCUT2D eigenvalue weighted by Crippen LogP contribution is 2.23. The lowest BCUT2D eigenvalue weighted by molar-refractivity contribution is -0.109. The molecule has 1 aliphatic carbocycles. The summed E-state index contributed by atoms with van der Waals surface area (Å²) in [5.74, 6) is 6.82. The molecule has 0 aromatic heterocycles. The Hall–Kier alpha value is -1.99. The first-order valence-corrected chi connectivity index (χ1v) is 9.61. The number of nitrogens with zero attached hydrogens (tertiary/aromatic N) is 1. The highest BCUT2D eigenvalue weighted by molar-refractivity contribution is 5.67. The summed E-state index contributed by atoms with van der Waals surface area (Å²) in [6.07, 6.45) is 6.48. The summed E-state index contributed by atoms with van der Waals surface area (Å²) in [5.41, 5.74) is 0.508. The fraction of sp³-hybridized carbons (Fsp3) is 0.591. The van der Waals surface area contributed by atoms with Crippen LogP contribution in [-0.2, 0) is 11.2 Å². The molecule has 0 saturated heterocycles. The van der Waals surface area contributed by atoms with E-state index in [0.29, 0.717) is 17.4 Å². The van der Waals surface area contributed by atoms with Crippen molar-refractivity contribution in [3.8, 4) is 11.8 Å². The smallest absolute Gasteiger partial charge is 0.435 e. The number of hydroxylamine groups is 2. The number of ether oxygens (including phenoxy) is 1. The summed E-state index contributed by atoms with van der Waals surface area (Å²) in [7, 11) is 0. The molecule has 0 aliphatic heterocycles. The minimum Gasteiger partial charge on any atom is -0.442 e. The topological polar surface area (TPSA) is 49.8 Å². The normalized spacial score (nSPS) is 16.3. The Bertz CT molecular complexity index is 618. The molecule has 4 nitrogen and oxygen atoms in total. The van der Waals surface area contributed by atoms with E-state index >= 15 is 0 Å². The number of aryl methyl sites for hydroxylation is 1. The van der Waals surface area contributed by atoms with Crippen LogP contribution in [0.3, 0.4) is 0 Å². The molecule has 1 amide bonds. The molecule has 1 saturated carbocycles. The fourth-order valence-electron chi connectivity index (χ4n) is 3.10. The van der Waals surface area contributed by atoms with E-state index in [9.17, 15) is 10.0 Å². The van der Waals surface area contributed by atoms with E-state index < -0.39 is 17.7 Å². The van der Waals surface area contributed by atoms with Gasteiger partial charge in [0.05, 0.1) is 0 Å². The number of hydrogen-bond acceptors (Lipinski definition) is 3. The number of amides is 1. The first kappa shape index (κ1) is 20.3. The highest BCUT2D eigenvalue weighted by atomic mass is 16.6. The van der Waals surface area contributed by atoms with E-state index in [-0.39, 0.29) is 0 Å². The van der Waals surface area contributed by atoms with Crippen LogP contribution in [-0.4, -0.2) is 28.0 Å². The van der Waals surface area contributed by atoms with Crippen molar-refractivity contribution in [3.05, 3.63) is 35.9 Å². The molecule has 1 aromatic rings. The van der Waals surface area contributed by atoms with Crippen molar-refractivity contribution in [2.24, 2.45) is 5.92 Å². The van der Waals surface area contributed by atoms with E-state index in [1.54, 1.807) is 20.8 Å². The maximum atomic E-state index is 12.2. The molecule has 1 aromatic carbocycles. The Balaban J connectivity index is 2.06. The van der Waals surface area contributed by atoms with E-state index in [4.69, 9.17) is 4.74 Å². The van der Waals surface area contributed by atoms with Gasteiger partial charge >= 0.3 is 6.09 Å². The van der Waals surface area contributed by atoms with Gasteiger partial charge in [-0.05, 0) is 52.0 Å². The average Bonchev–Trinajstić information content (AvgIpc) is 2.61. The van der Waals surface area contributed by atoms with E-state index in [1.807, 2.05) is 30.3 Å². The van der Waals surface area contributed by atoms with Gasteiger partial charge in [0, 0.05) is 5.92 Å². The highest BCUT2D eigenvalue weighted by Gasteiger charge is 2.26. The van der Waals surface area contributed by atoms with Crippen molar-refractivity contribution < 1.29 is 14.7 Å². The first-order chi connectivity index (χ1) is 12.3. The lowest BCUT2D eigenvalue weighted by Crippen LogP contribution is -2.41. The number of benzene rings is 1. The monoisotopic (exact) mass is 357 g/mol. The van der Waals surface area contributed by atoms with Crippen LogP contribution < -0.4 is 0 Å². The third kappa shape index (κ3) is 7.09. The maximum absolute atomic E-state index is 12.2.